The zero-order valence-corrected chi connectivity index (χ0v) is 12.9. The van der Waals surface area contributed by atoms with Crippen molar-refractivity contribution >= 4 is 11.3 Å². The molecule has 1 fully saturated rings. The molecule has 0 aromatic carbocycles. The van der Waals surface area contributed by atoms with Crippen LogP contribution in [0, 0.1) is 0 Å². The van der Waals surface area contributed by atoms with Crippen molar-refractivity contribution in [3.8, 4) is 0 Å². The van der Waals surface area contributed by atoms with Crippen LogP contribution in [0.15, 0.2) is 42.8 Å². The highest BCUT2D eigenvalue weighted by Crippen LogP contribution is 2.26. The SMILES string of the molecule is C=CCN(CC=C)C(CN1CCNCC1)c1cccs1. The summed E-state index contributed by atoms with van der Waals surface area (Å²) in [6.45, 7) is 15.2. The van der Waals surface area contributed by atoms with Crippen LogP contribution in [0.1, 0.15) is 10.9 Å². The van der Waals surface area contributed by atoms with Crippen LogP contribution in [0.3, 0.4) is 0 Å². The largest absolute Gasteiger partial charge is 0.314 e. The monoisotopic (exact) mass is 291 g/mol. The molecule has 0 spiro atoms. The molecule has 1 aliphatic rings. The normalized spacial score (nSPS) is 18.1. The van der Waals surface area contributed by atoms with Crippen LogP contribution in [0.2, 0.25) is 0 Å². The summed E-state index contributed by atoms with van der Waals surface area (Å²) in [7, 11) is 0. The molecule has 1 aromatic rings. The predicted octanol–water partition coefficient (Wildman–Crippen LogP) is 2.37. The Balaban J connectivity index is 2.09. The molecule has 20 heavy (non-hydrogen) atoms. The lowest BCUT2D eigenvalue weighted by molar-refractivity contribution is 0.151. The van der Waals surface area contributed by atoms with Crippen molar-refractivity contribution in [2.24, 2.45) is 0 Å². The second-order valence-electron chi connectivity index (χ2n) is 5.11. The zero-order chi connectivity index (χ0) is 14.2. The summed E-state index contributed by atoms with van der Waals surface area (Å²) in [6.07, 6.45) is 3.98. The molecule has 1 aromatic heterocycles. The zero-order valence-electron chi connectivity index (χ0n) is 12.1. The van der Waals surface area contributed by atoms with Crippen molar-refractivity contribution in [1.29, 1.82) is 0 Å². The third kappa shape index (κ3) is 4.28. The van der Waals surface area contributed by atoms with Gasteiger partial charge in [0.15, 0.2) is 0 Å². The molecule has 2 heterocycles. The standard InChI is InChI=1S/C16H25N3S/c1-3-9-19(10-4-2)15(16-6-5-13-20-16)14-18-11-7-17-8-12-18/h3-6,13,15,17H,1-2,7-12,14H2. The number of thiophene rings is 1. The van der Waals surface area contributed by atoms with Crippen LogP contribution >= 0.6 is 11.3 Å². The first kappa shape index (κ1) is 15.4. The Kier molecular flexibility index (Phi) is 6.47. The van der Waals surface area contributed by atoms with Gasteiger partial charge in [-0.3, -0.25) is 9.80 Å². The molecule has 1 atom stereocenters. The third-order valence-corrected chi connectivity index (χ3v) is 4.65. The lowest BCUT2D eigenvalue weighted by atomic mass is 10.1. The lowest BCUT2D eigenvalue weighted by Gasteiger charge is -2.35. The smallest absolute Gasteiger partial charge is 0.0575 e. The van der Waals surface area contributed by atoms with Gasteiger partial charge in [0.2, 0.25) is 0 Å². The topological polar surface area (TPSA) is 18.5 Å². The lowest BCUT2D eigenvalue weighted by Crippen LogP contribution is -2.47. The fourth-order valence-electron chi connectivity index (χ4n) is 2.67. The fourth-order valence-corrected chi connectivity index (χ4v) is 3.52. The van der Waals surface area contributed by atoms with E-state index in [9.17, 15) is 0 Å². The third-order valence-electron chi connectivity index (χ3n) is 3.68. The number of hydrogen-bond acceptors (Lipinski definition) is 4. The highest BCUT2D eigenvalue weighted by atomic mass is 32.1. The minimum absolute atomic E-state index is 0.434. The second-order valence-corrected chi connectivity index (χ2v) is 6.09. The van der Waals surface area contributed by atoms with Crippen molar-refractivity contribution in [1.82, 2.24) is 15.1 Å². The molecule has 0 aliphatic carbocycles. The Labute approximate surface area is 126 Å². The predicted molar refractivity (Wildman–Crippen MR) is 88.3 cm³/mol. The van der Waals surface area contributed by atoms with Crippen LogP contribution in [0.5, 0.6) is 0 Å². The van der Waals surface area contributed by atoms with E-state index in [4.69, 9.17) is 0 Å². The maximum atomic E-state index is 3.90. The Bertz CT molecular complexity index is 386. The highest BCUT2D eigenvalue weighted by Gasteiger charge is 2.23. The van der Waals surface area contributed by atoms with Crippen molar-refractivity contribution in [3.63, 3.8) is 0 Å². The van der Waals surface area contributed by atoms with Crippen molar-refractivity contribution < 1.29 is 0 Å². The number of hydrogen-bond donors (Lipinski definition) is 1. The molecule has 0 saturated carbocycles. The molecule has 0 radical (unpaired) electrons. The first-order chi connectivity index (χ1) is 9.85. The molecule has 0 bridgehead atoms. The van der Waals surface area contributed by atoms with Crippen LogP contribution in [-0.4, -0.2) is 55.6 Å². The maximum Gasteiger partial charge on any atom is 0.0575 e. The first-order valence-corrected chi connectivity index (χ1v) is 8.15. The summed E-state index contributed by atoms with van der Waals surface area (Å²) in [5.41, 5.74) is 0. The number of rotatable bonds is 8. The van der Waals surface area contributed by atoms with E-state index in [-0.39, 0.29) is 0 Å². The van der Waals surface area contributed by atoms with E-state index in [1.165, 1.54) is 4.88 Å². The summed E-state index contributed by atoms with van der Waals surface area (Å²) >= 11 is 1.85. The molecule has 110 valence electrons. The van der Waals surface area contributed by atoms with E-state index in [2.05, 4.69) is 45.8 Å². The average molecular weight is 291 g/mol. The van der Waals surface area contributed by atoms with Crippen molar-refractivity contribution in [3.05, 3.63) is 47.7 Å². The highest BCUT2D eigenvalue weighted by molar-refractivity contribution is 7.10. The quantitative estimate of drug-likeness (QED) is 0.742. The summed E-state index contributed by atoms with van der Waals surface area (Å²) in [4.78, 5) is 6.45. The van der Waals surface area contributed by atoms with Crippen molar-refractivity contribution in [2.45, 2.75) is 6.04 Å². The molecular weight excluding hydrogens is 266 g/mol. The molecule has 3 nitrogen and oxygen atoms in total. The van der Waals surface area contributed by atoms with Gasteiger partial charge in [-0.25, -0.2) is 0 Å². The number of nitrogens with zero attached hydrogens (tertiary/aromatic N) is 2. The second kappa shape index (κ2) is 8.37. The molecule has 1 saturated heterocycles. The molecule has 4 heteroatoms. The summed E-state index contributed by atoms with van der Waals surface area (Å²) < 4.78 is 0. The van der Waals surface area contributed by atoms with Crippen LogP contribution in [0.25, 0.3) is 0 Å². The van der Waals surface area contributed by atoms with E-state index in [0.717, 1.165) is 45.8 Å². The number of nitrogens with one attached hydrogen (secondary N) is 1. The van der Waals surface area contributed by atoms with Gasteiger partial charge in [-0.2, -0.15) is 0 Å². The van der Waals surface area contributed by atoms with E-state index >= 15 is 0 Å². The first-order valence-electron chi connectivity index (χ1n) is 7.27. The van der Waals surface area contributed by atoms with Gasteiger partial charge in [0.05, 0.1) is 6.04 Å². The van der Waals surface area contributed by atoms with Gasteiger partial charge in [-0.05, 0) is 11.4 Å². The summed E-state index contributed by atoms with van der Waals surface area (Å²) in [5, 5.41) is 5.58. The number of piperazine rings is 1. The van der Waals surface area contributed by atoms with Gasteiger partial charge in [0.1, 0.15) is 0 Å². The minimum atomic E-state index is 0.434. The van der Waals surface area contributed by atoms with Gasteiger partial charge in [0, 0.05) is 50.7 Å². The van der Waals surface area contributed by atoms with Crippen LogP contribution in [-0.2, 0) is 0 Å². The van der Waals surface area contributed by atoms with Gasteiger partial charge in [-0.15, -0.1) is 24.5 Å². The van der Waals surface area contributed by atoms with E-state index in [1.54, 1.807) is 0 Å². The van der Waals surface area contributed by atoms with E-state index in [0.29, 0.717) is 6.04 Å². The van der Waals surface area contributed by atoms with Gasteiger partial charge < -0.3 is 5.32 Å². The van der Waals surface area contributed by atoms with Crippen LogP contribution < -0.4 is 5.32 Å². The van der Waals surface area contributed by atoms with Crippen molar-refractivity contribution in [2.75, 3.05) is 45.8 Å². The van der Waals surface area contributed by atoms with Crippen LogP contribution in [0.4, 0.5) is 0 Å². The Hall–Kier alpha value is -0.940. The molecule has 0 amide bonds. The summed E-state index contributed by atoms with van der Waals surface area (Å²) in [5.74, 6) is 0. The average Bonchev–Trinajstić information content (AvgIpc) is 3.00. The molecule has 1 N–H and O–H groups in total. The van der Waals surface area contributed by atoms with E-state index < -0.39 is 0 Å². The molecule has 1 aliphatic heterocycles. The molecular formula is C16H25N3S. The maximum absolute atomic E-state index is 3.90. The molecule has 2 rings (SSSR count). The van der Waals surface area contributed by atoms with Gasteiger partial charge in [0.25, 0.3) is 0 Å². The Morgan fingerprint density at radius 1 is 1.30 bits per heavy atom. The van der Waals surface area contributed by atoms with Gasteiger partial charge >= 0.3 is 0 Å². The van der Waals surface area contributed by atoms with Gasteiger partial charge in [-0.1, -0.05) is 18.2 Å². The molecule has 1 unspecified atom stereocenters. The fraction of sp³-hybridized carbons (Fsp3) is 0.500. The minimum Gasteiger partial charge on any atom is -0.314 e. The summed E-state index contributed by atoms with van der Waals surface area (Å²) in [6, 6.07) is 4.82. The Morgan fingerprint density at radius 2 is 2.00 bits per heavy atom. The Morgan fingerprint density at radius 3 is 2.55 bits per heavy atom. The van der Waals surface area contributed by atoms with E-state index in [1.807, 2.05) is 23.5 Å².